The smallest absolute Gasteiger partial charge is 0.270 e. The summed E-state index contributed by atoms with van der Waals surface area (Å²) in [4.78, 5) is 21.9. The molecule has 0 aliphatic heterocycles. The van der Waals surface area contributed by atoms with Gasteiger partial charge in [-0.05, 0) is 36.8 Å². The number of hydrogen-bond donors (Lipinski definition) is 3. The first-order valence-electron chi connectivity index (χ1n) is 10.5. The van der Waals surface area contributed by atoms with Crippen LogP contribution in [0.4, 0.5) is 9.52 Å². The number of benzene rings is 1. The molecule has 0 unspecified atom stereocenters. The van der Waals surface area contributed by atoms with Gasteiger partial charge in [0.15, 0.2) is 5.13 Å². The Morgan fingerprint density at radius 3 is 2.74 bits per heavy atom. The van der Waals surface area contributed by atoms with E-state index >= 15 is 0 Å². The molecule has 10 heteroatoms. The maximum absolute atomic E-state index is 13.2. The standard InChI is InChI=1S/C24H27FN6O2S/c1-5-19-21(31(15-29-19)11-10-27-23(32)20(26-3)14-33-4)12-16(2)30-24-28-13-22(34-24)17-6-8-18(25)9-7-17/h5-9,12-15,26H,1,10-11H2,2-4H3,(H,27,32)(H,28,30)/b16-12+,20-14-. The van der Waals surface area contributed by atoms with Crippen LogP contribution in [-0.2, 0) is 16.1 Å². The van der Waals surface area contributed by atoms with Gasteiger partial charge in [0.05, 0.1) is 29.7 Å². The summed E-state index contributed by atoms with van der Waals surface area (Å²) in [7, 11) is 3.14. The molecule has 1 aromatic carbocycles. The highest BCUT2D eigenvalue weighted by atomic mass is 32.1. The van der Waals surface area contributed by atoms with Gasteiger partial charge in [-0.15, -0.1) is 0 Å². The van der Waals surface area contributed by atoms with Crippen LogP contribution in [0, 0.1) is 5.82 Å². The van der Waals surface area contributed by atoms with Gasteiger partial charge in [0.25, 0.3) is 5.91 Å². The van der Waals surface area contributed by atoms with Gasteiger partial charge in [-0.1, -0.05) is 30.0 Å². The molecular weight excluding hydrogens is 455 g/mol. The van der Waals surface area contributed by atoms with Crippen molar-refractivity contribution in [1.29, 1.82) is 0 Å². The Bertz CT molecular complexity index is 1200. The SMILES string of the molecule is C=Cc1ncn(CCNC(=O)/C(=C/OC)NC)c1/C=C(\C)Nc1ncc(-c2ccc(F)cc2)s1. The van der Waals surface area contributed by atoms with Crippen molar-refractivity contribution in [3.05, 3.63) is 78.2 Å². The monoisotopic (exact) mass is 482 g/mol. The number of likely N-dealkylation sites (N-methyl/N-ethyl adjacent to an activating group) is 1. The van der Waals surface area contributed by atoms with Crippen molar-refractivity contribution in [2.45, 2.75) is 13.5 Å². The van der Waals surface area contributed by atoms with Crippen LogP contribution < -0.4 is 16.0 Å². The highest BCUT2D eigenvalue weighted by Gasteiger charge is 2.11. The Kier molecular flexibility index (Phi) is 8.58. The molecule has 0 aliphatic carbocycles. The molecular formula is C24H27FN6O2S. The Labute approximate surface area is 201 Å². The van der Waals surface area contributed by atoms with E-state index < -0.39 is 0 Å². The first-order valence-corrected chi connectivity index (χ1v) is 11.3. The van der Waals surface area contributed by atoms with E-state index in [0.29, 0.717) is 18.8 Å². The highest BCUT2D eigenvalue weighted by Crippen LogP contribution is 2.30. The average molecular weight is 483 g/mol. The number of thiazole rings is 1. The largest absolute Gasteiger partial charge is 0.502 e. The van der Waals surface area contributed by atoms with Gasteiger partial charge in [0.2, 0.25) is 0 Å². The number of amides is 1. The lowest BCUT2D eigenvalue weighted by Crippen LogP contribution is -2.32. The molecule has 0 saturated carbocycles. The molecule has 8 nitrogen and oxygen atoms in total. The number of allylic oxidation sites excluding steroid dienone is 1. The van der Waals surface area contributed by atoms with Crippen molar-refractivity contribution < 1.29 is 13.9 Å². The van der Waals surface area contributed by atoms with Gasteiger partial charge in [0, 0.05) is 32.0 Å². The zero-order valence-corrected chi connectivity index (χ0v) is 20.1. The summed E-state index contributed by atoms with van der Waals surface area (Å²) in [6, 6.07) is 6.32. The quantitative estimate of drug-likeness (QED) is 0.282. The van der Waals surface area contributed by atoms with Crippen LogP contribution in [0.1, 0.15) is 18.3 Å². The second-order valence-electron chi connectivity index (χ2n) is 7.17. The summed E-state index contributed by atoms with van der Waals surface area (Å²) in [5.74, 6) is -0.530. The fourth-order valence-electron chi connectivity index (χ4n) is 3.12. The molecule has 0 bridgehead atoms. The lowest BCUT2D eigenvalue weighted by molar-refractivity contribution is -0.118. The van der Waals surface area contributed by atoms with Gasteiger partial charge in [-0.25, -0.2) is 14.4 Å². The van der Waals surface area contributed by atoms with E-state index in [1.807, 2.05) is 17.6 Å². The van der Waals surface area contributed by atoms with Crippen molar-refractivity contribution in [3.8, 4) is 10.4 Å². The molecule has 2 heterocycles. The maximum atomic E-state index is 13.2. The van der Waals surface area contributed by atoms with Crippen LogP contribution in [-0.4, -0.2) is 41.1 Å². The van der Waals surface area contributed by atoms with E-state index in [1.165, 1.54) is 36.8 Å². The Balaban J connectivity index is 1.68. The van der Waals surface area contributed by atoms with Crippen LogP contribution in [0.2, 0.25) is 0 Å². The number of aromatic nitrogens is 3. The first kappa shape index (κ1) is 24.7. The molecule has 0 spiro atoms. The highest BCUT2D eigenvalue weighted by molar-refractivity contribution is 7.18. The minimum absolute atomic E-state index is 0.260. The summed E-state index contributed by atoms with van der Waals surface area (Å²) in [5.41, 5.74) is 3.68. The van der Waals surface area contributed by atoms with E-state index in [1.54, 1.807) is 37.8 Å². The van der Waals surface area contributed by atoms with Crippen molar-refractivity contribution in [1.82, 2.24) is 25.2 Å². The third kappa shape index (κ3) is 6.32. The van der Waals surface area contributed by atoms with E-state index in [-0.39, 0.29) is 11.7 Å². The molecule has 3 N–H and O–H groups in total. The summed E-state index contributed by atoms with van der Waals surface area (Å²) in [6.07, 6.45) is 8.46. The third-order valence-electron chi connectivity index (χ3n) is 4.78. The normalized spacial score (nSPS) is 11.8. The number of imidazole rings is 1. The fourth-order valence-corrected chi connectivity index (χ4v) is 4.00. The fraction of sp³-hybridized carbons (Fsp3) is 0.208. The average Bonchev–Trinajstić information content (AvgIpc) is 3.44. The van der Waals surface area contributed by atoms with Crippen LogP contribution in [0.15, 0.2) is 61.0 Å². The van der Waals surface area contributed by atoms with Crippen molar-refractivity contribution in [2.75, 3.05) is 26.0 Å². The predicted octanol–water partition coefficient (Wildman–Crippen LogP) is 4.09. The Morgan fingerprint density at radius 2 is 2.06 bits per heavy atom. The second-order valence-corrected chi connectivity index (χ2v) is 8.21. The number of carbonyl (C=O) groups is 1. The summed E-state index contributed by atoms with van der Waals surface area (Å²) in [5, 5.41) is 9.65. The van der Waals surface area contributed by atoms with Gasteiger partial charge in [0.1, 0.15) is 17.8 Å². The molecule has 0 radical (unpaired) electrons. The number of halogens is 1. The maximum Gasteiger partial charge on any atom is 0.270 e. The number of carbonyl (C=O) groups excluding carboxylic acids is 1. The molecule has 3 aromatic rings. The number of anilines is 1. The number of nitrogens with one attached hydrogen (secondary N) is 3. The van der Waals surface area contributed by atoms with Gasteiger partial charge < -0.3 is 25.3 Å². The minimum atomic E-state index is -0.270. The predicted molar refractivity (Wildman–Crippen MR) is 134 cm³/mol. The molecule has 34 heavy (non-hydrogen) atoms. The number of nitrogens with zero attached hydrogens (tertiary/aromatic N) is 3. The van der Waals surface area contributed by atoms with Crippen LogP contribution in [0.3, 0.4) is 0 Å². The Morgan fingerprint density at radius 1 is 1.29 bits per heavy atom. The zero-order chi connectivity index (χ0) is 24.5. The van der Waals surface area contributed by atoms with E-state index in [9.17, 15) is 9.18 Å². The molecule has 2 aromatic heterocycles. The summed E-state index contributed by atoms with van der Waals surface area (Å²) >= 11 is 1.48. The molecule has 3 rings (SSSR count). The summed E-state index contributed by atoms with van der Waals surface area (Å²) < 4.78 is 20.0. The molecule has 0 atom stereocenters. The van der Waals surface area contributed by atoms with Crippen molar-refractivity contribution in [2.24, 2.45) is 0 Å². The van der Waals surface area contributed by atoms with E-state index in [4.69, 9.17) is 4.74 Å². The van der Waals surface area contributed by atoms with Gasteiger partial charge >= 0.3 is 0 Å². The number of ether oxygens (including phenoxy) is 1. The number of methoxy groups -OCH3 is 1. The molecule has 0 saturated heterocycles. The first-order chi connectivity index (χ1) is 16.4. The Hall–Kier alpha value is -3.92. The number of hydrogen-bond acceptors (Lipinski definition) is 7. The summed E-state index contributed by atoms with van der Waals surface area (Å²) in [6.45, 7) is 6.68. The van der Waals surface area contributed by atoms with Crippen molar-refractivity contribution in [3.63, 3.8) is 0 Å². The van der Waals surface area contributed by atoms with Crippen LogP contribution in [0.5, 0.6) is 0 Å². The lowest BCUT2D eigenvalue weighted by atomic mass is 10.2. The van der Waals surface area contributed by atoms with Gasteiger partial charge in [-0.3, -0.25) is 4.79 Å². The molecule has 1 amide bonds. The second kappa shape index (κ2) is 11.8. The molecule has 0 aliphatic rings. The topological polar surface area (TPSA) is 93.1 Å². The third-order valence-corrected chi connectivity index (χ3v) is 5.74. The van der Waals surface area contributed by atoms with Crippen LogP contribution in [0.25, 0.3) is 22.6 Å². The molecule has 0 fully saturated rings. The van der Waals surface area contributed by atoms with Crippen LogP contribution >= 0.6 is 11.3 Å². The van der Waals surface area contributed by atoms with Gasteiger partial charge in [-0.2, -0.15) is 0 Å². The minimum Gasteiger partial charge on any atom is -0.502 e. The van der Waals surface area contributed by atoms with E-state index in [0.717, 1.165) is 32.7 Å². The van der Waals surface area contributed by atoms with Crippen molar-refractivity contribution >= 4 is 34.5 Å². The number of rotatable bonds is 11. The lowest BCUT2D eigenvalue weighted by Gasteiger charge is -2.11. The van der Waals surface area contributed by atoms with E-state index in [2.05, 4.69) is 32.5 Å². The molecule has 178 valence electrons. The zero-order valence-electron chi connectivity index (χ0n) is 19.3.